The second-order valence-corrected chi connectivity index (χ2v) is 23.5. The van der Waals surface area contributed by atoms with Crippen LogP contribution in [0.3, 0.4) is 0 Å². The largest absolute Gasteiger partial charge is 0.262 e. The number of hydrogen-bond acceptors (Lipinski definition) is 6. The van der Waals surface area contributed by atoms with Gasteiger partial charge in [0.15, 0.2) is 39.7 Å². The molecule has 0 aliphatic heterocycles. The summed E-state index contributed by atoms with van der Waals surface area (Å²) in [5, 5.41) is 1.29. The van der Waals surface area contributed by atoms with Crippen LogP contribution in [0.5, 0.6) is 0 Å². The number of nitrogens with zero attached hydrogens (tertiary/aromatic N) is 18. The van der Waals surface area contributed by atoms with E-state index >= 15 is 0 Å². The summed E-state index contributed by atoms with van der Waals surface area (Å²) in [4.78, 5) is 25.5. The van der Waals surface area contributed by atoms with Gasteiger partial charge < -0.3 is 0 Å². The number of para-hydroxylation sites is 1. The second-order valence-electron chi connectivity index (χ2n) is 23.5. The lowest BCUT2D eigenvalue weighted by Gasteiger charge is -2.09. The van der Waals surface area contributed by atoms with Gasteiger partial charge in [-0.05, 0) is 142 Å². The van der Waals surface area contributed by atoms with Crippen molar-refractivity contribution in [2.45, 2.75) is 103 Å². The number of rotatable bonds is 7. The summed E-state index contributed by atoms with van der Waals surface area (Å²) in [6.07, 6.45) is 35.1. The minimum Gasteiger partial charge on any atom is -0.262 e. The van der Waals surface area contributed by atoms with Crippen molar-refractivity contribution in [1.29, 1.82) is 0 Å². The lowest BCUT2D eigenvalue weighted by molar-refractivity contribution is -0.744. The Hall–Kier alpha value is -10.4. The maximum absolute atomic E-state index is 4.64. The van der Waals surface area contributed by atoms with E-state index in [-0.39, 0.29) is 0 Å². The minimum atomic E-state index is 0.390. The Kier molecular flexibility index (Phi) is 21.8. The molecule has 0 fully saturated rings. The van der Waals surface area contributed by atoms with E-state index in [9.17, 15) is 0 Å². The van der Waals surface area contributed by atoms with Gasteiger partial charge in [0.05, 0.1) is 80.8 Å². The fraction of sp³-hybridized carbons (Fsp3) is 0.288. The molecular formula is C73H92N18+6. The van der Waals surface area contributed by atoms with Gasteiger partial charge in [-0.25, -0.2) is 0 Å². The summed E-state index contributed by atoms with van der Waals surface area (Å²) in [5.74, 6) is 0.390. The van der Waals surface area contributed by atoms with Crippen molar-refractivity contribution in [2.24, 2.45) is 42.3 Å². The molecule has 0 radical (unpaired) electrons. The van der Waals surface area contributed by atoms with E-state index in [1.165, 1.54) is 78.2 Å². The molecule has 0 saturated heterocycles. The quantitative estimate of drug-likeness (QED) is 0.146. The second kappa shape index (κ2) is 29.8. The van der Waals surface area contributed by atoms with Gasteiger partial charge in [-0.3, -0.25) is 29.9 Å². The summed E-state index contributed by atoms with van der Waals surface area (Å²) in [5.41, 5.74) is 24.0. The van der Waals surface area contributed by atoms with Crippen molar-refractivity contribution in [3.05, 3.63) is 263 Å². The van der Waals surface area contributed by atoms with Gasteiger partial charge in [-0.1, -0.05) is 40.0 Å². The summed E-state index contributed by atoms with van der Waals surface area (Å²) in [6, 6.07) is 26.9. The molecule has 12 heterocycles. The third-order valence-corrected chi connectivity index (χ3v) is 16.5. The first-order valence-corrected chi connectivity index (χ1v) is 30.7. The zero-order valence-corrected chi connectivity index (χ0v) is 57.0. The Morgan fingerprint density at radius 3 is 1.43 bits per heavy atom. The summed E-state index contributed by atoms with van der Waals surface area (Å²) >= 11 is 0. The SMILES string of the molecule is Cc1cc(C)c(-n2ccc[n+]2C)cn1.Cc1ccnc(C(C)C)c1-[n+]1c2ccccc2c(C)n1C.Cc1ccncc1-[n+]1cc(C)c(C)n1C.Cc1ccncc1-[n+]1ccc(C)n1C.Cc1ccncc1-n1ccc[n+]1C.Cc1cn(-c2cnccc2C)[n+](C)c1. The first-order chi connectivity index (χ1) is 43.5. The maximum atomic E-state index is 4.64. The topological polar surface area (TPSA) is 130 Å². The Balaban J connectivity index is 0.000000142. The molecule has 1 aromatic carbocycles. The molecule has 18 heteroatoms. The van der Waals surface area contributed by atoms with Crippen LogP contribution in [-0.4, -0.2) is 58.0 Å². The third kappa shape index (κ3) is 15.4. The monoisotopic (exact) mass is 1220 g/mol. The molecule has 0 spiro atoms. The number of benzene rings is 1. The van der Waals surface area contributed by atoms with E-state index in [1.54, 1.807) is 0 Å². The summed E-state index contributed by atoms with van der Waals surface area (Å²) in [6.45, 7) is 29.6. The molecule has 0 saturated carbocycles. The first kappa shape index (κ1) is 66.6. The molecule has 13 aromatic rings. The van der Waals surface area contributed by atoms with Crippen LogP contribution < -0.4 is 28.1 Å². The minimum absolute atomic E-state index is 0.390. The molecule has 0 aliphatic carbocycles. The normalized spacial score (nSPS) is 10.7. The number of aromatic nitrogens is 18. The lowest BCUT2D eigenvalue weighted by Crippen LogP contribution is -2.42. The third-order valence-electron chi connectivity index (χ3n) is 16.5. The van der Waals surface area contributed by atoms with Gasteiger partial charge >= 0.3 is 0 Å². The Labute approximate surface area is 537 Å². The first-order valence-electron chi connectivity index (χ1n) is 30.7. The smallest absolute Gasteiger partial charge is 0.260 e. The predicted octanol–water partition coefficient (Wildman–Crippen LogP) is 10.2. The number of hydrogen-bond donors (Lipinski definition) is 0. The molecule has 18 nitrogen and oxygen atoms in total. The van der Waals surface area contributed by atoms with Crippen LogP contribution in [0.15, 0.2) is 190 Å². The van der Waals surface area contributed by atoms with E-state index in [0.717, 1.165) is 39.8 Å². The predicted molar refractivity (Wildman–Crippen MR) is 357 cm³/mol. The fourth-order valence-electron chi connectivity index (χ4n) is 10.8. The maximum Gasteiger partial charge on any atom is 0.260 e. The highest BCUT2D eigenvalue weighted by molar-refractivity contribution is 5.79. The molecule has 0 atom stereocenters. The zero-order valence-electron chi connectivity index (χ0n) is 57.0. The molecule has 12 aromatic heterocycles. The van der Waals surface area contributed by atoms with Crippen LogP contribution in [0.4, 0.5) is 0 Å². The van der Waals surface area contributed by atoms with E-state index < -0.39 is 0 Å². The molecular weight excluding hydrogens is 1130 g/mol. The van der Waals surface area contributed by atoms with Crippen LogP contribution in [0.2, 0.25) is 0 Å². The Morgan fingerprint density at radius 1 is 0.429 bits per heavy atom. The van der Waals surface area contributed by atoms with Crippen LogP contribution in [0.1, 0.15) is 92.7 Å². The highest BCUT2D eigenvalue weighted by Gasteiger charge is 2.28. The number of fused-ring (bicyclic) bond motifs is 1. The highest BCUT2D eigenvalue weighted by Crippen LogP contribution is 2.24. The number of pyridine rings is 6. The summed E-state index contributed by atoms with van der Waals surface area (Å²) in [7, 11) is 12.3. The molecule has 0 amide bonds. The van der Waals surface area contributed by atoms with E-state index in [2.05, 4.69) is 248 Å². The van der Waals surface area contributed by atoms with E-state index in [0.29, 0.717) is 5.92 Å². The molecule has 0 unspecified atom stereocenters. The van der Waals surface area contributed by atoms with Gasteiger partial charge in [-0.2, -0.15) is 14.0 Å². The van der Waals surface area contributed by atoms with Gasteiger partial charge in [-0.15, -0.1) is 28.1 Å². The van der Waals surface area contributed by atoms with Gasteiger partial charge in [0.1, 0.15) is 35.1 Å². The summed E-state index contributed by atoms with van der Waals surface area (Å²) < 4.78 is 25.3. The van der Waals surface area contributed by atoms with Crippen LogP contribution in [-0.2, 0) is 42.3 Å². The average Bonchev–Trinajstić information content (AvgIpc) is 1.63. The van der Waals surface area contributed by atoms with Crippen LogP contribution in [0.25, 0.3) is 45.0 Å². The van der Waals surface area contributed by atoms with Gasteiger partial charge in [0.2, 0.25) is 17.9 Å². The molecule has 91 heavy (non-hydrogen) atoms. The highest BCUT2D eigenvalue weighted by atomic mass is 15.4. The van der Waals surface area contributed by atoms with Crippen molar-refractivity contribution in [2.75, 3.05) is 0 Å². The van der Waals surface area contributed by atoms with Gasteiger partial charge in [0.25, 0.3) is 17.1 Å². The van der Waals surface area contributed by atoms with Crippen molar-refractivity contribution < 1.29 is 28.1 Å². The van der Waals surface area contributed by atoms with Crippen molar-refractivity contribution in [3.8, 4) is 34.1 Å². The lowest BCUT2D eigenvalue weighted by atomic mass is 10.0. The van der Waals surface area contributed by atoms with Gasteiger partial charge in [0, 0.05) is 94.7 Å². The Morgan fingerprint density at radius 2 is 0.956 bits per heavy atom. The van der Waals surface area contributed by atoms with Crippen molar-refractivity contribution in [3.63, 3.8) is 0 Å². The average molecular weight is 1220 g/mol. The fourth-order valence-corrected chi connectivity index (χ4v) is 10.8. The zero-order chi connectivity index (χ0) is 65.8. The van der Waals surface area contributed by atoms with E-state index in [1.807, 2.05) is 168 Å². The molecule has 468 valence electrons. The van der Waals surface area contributed by atoms with Crippen molar-refractivity contribution >= 4 is 10.9 Å². The standard InChI is InChI=1S/C18H22N3.C12H16N3.3C11H14N3.C10H12N3/c1-12(2)17-18(13(3)10-11-19-17)21-16-9-7-6-8-15(16)14(4)20(21)5;1-9-5-6-13-7-12(9)15-8-10(2)11(3)14(15)4;1-9-4-6-12-8-11(9)14-7-5-10(2)13(14)3;1-9-7-13(3)14(8-9)11-6-12-5-4-10(11)2;1-9-7-10(2)12-8-11(9)14-6-4-5-13(14)3;1-9-4-5-11-8-10(9)13-7-3-6-12(13)2/h6-12H,1-5H3;5-8H,1-4H3;3*4-8H,1-3H3;3-8H,1-2H3/q6*+1. The van der Waals surface area contributed by atoms with Crippen molar-refractivity contribution in [1.82, 2.24) is 58.0 Å². The Bertz CT molecular complexity index is 4540. The van der Waals surface area contributed by atoms with E-state index in [4.69, 9.17) is 0 Å². The molecule has 0 aliphatic rings. The molecule has 0 bridgehead atoms. The van der Waals surface area contributed by atoms with Crippen LogP contribution >= 0.6 is 0 Å². The molecule has 13 rings (SSSR count). The number of aryl methyl sites for hydroxylation is 14. The molecule has 0 N–H and O–H groups in total. The van der Waals surface area contributed by atoms with Crippen LogP contribution in [0, 0.1) is 83.1 Å².